The zero-order valence-electron chi connectivity index (χ0n) is 14.9. The van der Waals surface area contributed by atoms with Gasteiger partial charge in [-0.2, -0.15) is 0 Å². The molecular formula is C20H25ClN2O3. The number of nitrogens with zero attached hydrogens (tertiary/aromatic N) is 2. The number of morpholine rings is 1. The van der Waals surface area contributed by atoms with Gasteiger partial charge in [0.05, 0.1) is 13.2 Å². The molecule has 2 aliphatic heterocycles. The van der Waals surface area contributed by atoms with Crippen LogP contribution >= 0.6 is 11.6 Å². The Kier molecular flexibility index (Phi) is 5.18. The lowest BCUT2D eigenvalue weighted by Gasteiger charge is -2.35. The van der Waals surface area contributed by atoms with E-state index in [0.29, 0.717) is 39.4 Å². The quantitative estimate of drug-likeness (QED) is 0.814. The molecule has 2 heterocycles. The third-order valence-electron chi connectivity index (χ3n) is 5.89. The number of rotatable bonds is 3. The highest BCUT2D eigenvalue weighted by Gasteiger charge is 2.47. The van der Waals surface area contributed by atoms with Gasteiger partial charge < -0.3 is 14.5 Å². The second kappa shape index (κ2) is 7.57. The topological polar surface area (TPSA) is 49.9 Å². The molecule has 2 atom stereocenters. The Bertz CT molecular complexity index is 681. The van der Waals surface area contributed by atoms with E-state index in [1.807, 2.05) is 34.1 Å². The lowest BCUT2D eigenvalue weighted by atomic mass is 9.94. The van der Waals surface area contributed by atoms with Crippen LogP contribution in [0.15, 0.2) is 24.3 Å². The first-order valence-electron chi connectivity index (χ1n) is 9.55. The SMILES string of the molecule is O=C(C1CCN(C(=O)C2CC2c2ccccc2Cl)CC1)N1CCOCC1. The van der Waals surface area contributed by atoms with Crippen molar-refractivity contribution in [2.24, 2.45) is 11.8 Å². The van der Waals surface area contributed by atoms with E-state index in [0.717, 1.165) is 29.8 Å². The number of halogens is 1. The fourth-order valence-corrected chi connectivity index (χ4v) is 4.49. The number of hydrogen-bond acceptors (Lipinski definition) is 3. The molecule has 3 fully saturated rings. The Hall–Kier alpha value is -1.59. The maximum atomic E-state index is 12.8. The van der Waals surface area contributed by atoms with E-state index in [2.05, 4.69) is 0 Å². The summed E-state index contributed by atoms with van der Waals surface area (Å²) in [5, 5.41) is 0.752. The summed E-state index contributed by atoms with van der Waals surface area (Å²) in [6, 6.07) is 7.80. The van der Waals surface area contributed by atoms with Gasteiger partial charge in [0, 0.05) is 43.0 Å². The summed E-state index contributed by atoms with van der Waals surface area (Å²) in [6.07, 6.45) is 2.42. The minimum Gasteiger partial charge on any atom is -0.378 e. The summed E-state index contributed by atoms with van der Waals surface area (Å²) in [4.78, 5) is 29.3. The predicted octanol–water partition coefficient (Wildman–Crippen LogP) is 2.54. The van der Waals surface area contributed by atoms with E-state index >= 15 is 0 Å². The highest BCUT2D eigenvalue weighted by Crippen LogP contribution is 2.50. The fraction of sp³-hybridized carbons (Fsp3) is 0.600. The molecule has 0 N–H and O–H groups in total. The normalized spacial score (nSPS) is 26.7. The van der Waals surface area contributed by atoms with E-state index in [1.54, 1.807) is 0 Å². The van der Waals surface area contributed by atoms with E-state index < -0.39 is 0 Å². The predicted molar refractivity (Wildman–Crippen MR) is 99.0 cm³/mol. The van der Waals surface area contributed by atoms with Crippen LogP contribution in [-0.2, 0) is 14.3 Å². The molecule has 26 heavy (non-hydrogen) atoms. The van der Waals surface area contributed by atoms with Gasteiger partial charge in [0.1, 0.15) is 0 Å². The summed E-state index contributed by atoms with van der Waals surface area (Å²) in [5.41, 5.74) is 1.09. The minimum atomic E-state index is 0.0516. The van der Waals surface area contributed by atoms with Gasteiger partial charge in [-0.1, -0.05) is 29.8 Å². The van der Waals surface area contributed by atoms with Gasteiger partial charge in [-0.3, -0.25) is 9.59 Å². The van der Waals surface area contributed by atoms with Gasteiger partial charge in [0.15, 0.2) is 0 Å². The zero-order chi connectivity index (χ0) is 18.1. The molecule has 140 valence electrons. The number of carbonyl (C=O) groups is 2. The highest BCUT2D eigenvalue weighted by molar-refractivity contribution is 6.31. The summed E-state index contributed by atoms with van der Waals surface area (Å²) >= 11 is 6.27. The van der Waals surface area contributed by atoms with Crippen molar-refractivity contribution in [3.8, 4) is 0 Å². The Morgan fingerprint density at radius 1 is 0.962 bits per heavy atom. The second-order valence-electron chi connectivity index (χ2n) is 7.51. The molecule has 2 saturated heterocycles. The van der Waals surface area contributed by atoms with Crippen LogP contribution in [0.5, 0.6) is 0 Å². The first-order chi connectivity index (χ1) is 12.6. The summed E-state index contributed by atoms with van der Waals surface area (Å²) < 4.78 is 5.32. The van der Waals surface area contributed by atoms with Crippen LogP contribution in [0.25, 0.3) is 0 Å². The molecule has 3 aliphatic rings. The maximum Gasteiger partial charge on any atom is 0.226 e. The van der Waals surface area contributed by atoms with Gasteiger partial charge in [-0.05, 0) is 36.8 Å². The van der Waals surface area contributed by atoms with Crippen LogP contribution < -0.4 is 0 Å². The zero-order valence-corrected chi connectivity index (χ0v) is 15.7. The van der Waals surface area contributed by atoms with Gasteiger partial charge in [-0.25, -0.2) is 0 Å². The number of likely N-dealkylation sites (tertiary alicyclic amines) is 1. The van der Waals surface area contributed by atoms with Gasteiger partial charge in [-0.15, -0.1) is 0 Å². The summed E-state index contributed by atoms with van der Waals surface area (Å²) in [6.45, 7) is 4.03. The van der Waals surface area contributed by atoms with Crippen LogP contribution in [0, 0.1) is 11.8 Å². The molecule has 2 unspecified atom stereocenters. The van der Waals surface area contributed by atoms with Crippen LogP contribution in [0.4, 0.5) is 0 Å². The summed E-state index contributed by atoms with van der Waals surface area (Å²) in [5.74, 6) is 0.828. The van der Waals surface area contributed by atoms with Crippen molar-refractivity contribution in [3.05, 3.63) is 34.9 Å². The van der Waals surface area contributed by atoms with Crippen molar-refractivity contribution in [1.29, 1.82) is 0 Å². The third-order valence-corrected chi connectivity index (χ3v) is 6.24. The largest absolute Gasteiger partial charge is 0.378 e. The third kappa shape index (κ3) is 3.60. The van der Waals surface area contributed by atoms with Crippen LogP contribution in [0.2, 0.25) is 5.02 Å². The van der Waals surface area contributed by atoms with Crippen LogP contribution in [0.3, 0.4) is 0 Å². The lowest BCUT2D eigenvalue weighted by Crippen LogP contribution is -2.47. The Morgan fingerprint density at radius 3 is 2.31 bits per heavy atom. The molecule has 6 heteroatoms. The van der Waals surface area contributed by atoms with E-state index in [1.165, 1.54) is 0 Å². The number of amides is 2. The molecule has 5 nitrogen and oxygen atoms in total. The molecular weight excluding hydrogens is 352 g/mol. The van der Waals surface area contributed by atoms with Gasteiger partial charge >= 0.3 is 0 Å². The Balaban J connectivity index is 1.29. The first kappa shape index (κ1) is 17.8. The van der Waals surface area contributed by atoms with Crippen LogP contribution in [-0.4, -0.2) is 61.0 Å². The van der Waals surface area contributed by atoms with Crippen molar-refractivity contribution >= 4 is 23.4 Å². The minimum absolute atomic E-state index is 0.0516. The number of carbonyl (C=O) groups excluding carboxylic acids is 2. The molecule has 1 saturated carbocycles. The Labute approximate surface area is 159 Å². The average molecular weight is 377 g/mol. The standard InChI is InChI=1S/C20H25ClN2O3/c21-18-4-2-1-3-15(18)16-13-17(16)20(25)22-7-5-14(6-8-22)19(24)23-9-11-26-12-10-23/h1-4,14,16-17H,5-13H2. The van der Waals surface area contributed by atoms with Crippen molar-refractivity contribution in [2.45, 2.75) is 25.2 Å². The molecule has 1 aromatic rings. The van der Waals surface area contributed by atoms with Crippen molar-refractivity contribution in [2.75, 3.05) is 39.4 Å². The molecule has 2 amide bonds. The Morgan fingerprint density at radius 2 is 1.62 bits per heavy atom. The van der Waals surface area contributed by atoms with E-state index in [-0.39, 0.29) is 29.6 Å². The maximum absolute atomic E-state index is 12.8. The lowest BCUT2D eigenvalue weighted by molar-refractivity contribution is -0.144. The van der Waals surface area contributed by atoms with E-state index in [4.69, 9.17) is 16.3 Å². The van der Waals surface area contributed by atoms with Crippen molar-refractivity contribution in [1.82, 2.24) is 9.80 Å². The molecule has 0 spiro atoms. The van der Waals surface area contributed by atoms with Gasteiger partial charge in [0.2, 0.25) is 11.8 Å². The van der Waals surface area contributed by atoms with Gasteiger partial charge in [0.25, 0.3) is 0 Å². The number of hydrogen-bond donors (Lipinski definition) is 0. The van der Waals surface area contributed by atoms with Crippen LogP contribution in [0.1, 0.15) is 30.7 Å². The van der Waals surface area contributed by atoms with Crippen molar-refractivity contribution < 1.29 is 14.3 Å². The van der Waals surface area contributed by atoms with E-state index in [9.17, 15) is 9.59 Å². The second-order valence-corrected chi connectivity index (χ2v) is 7.91. The number of ether oxygens (including phenoxy) is 1. The smallest absolute Gasteiger partial charge is 0.226 e. The van der Waals surface area contributed by atoms with Crippen molar-refractivity contribution in [3.63, 3.8) is 0 Å². The molecule has 1 aliphatic carbocycles. The monoisotopic (exact) mass is 376 g/mol. The number of piperidine rings is 1. The average Bonchev–Trinajstić information content (AvgIpc) is 3.48. The molecule has 4 rings (SSSR count). The molecule has 0 bridgehead atoms. The molecule has 0 radical (unpaired) electrons. The fourth-order valence-electron chi connectivity index (χ4n) is 4.21. The first-order valence-corrected chi connectivity index (χ1v) is 9.92. The number of benzene rings is 1. The molecule has 1 aromatic carbocycles. The summed E-state index contributed by atoms with van der Waals surface area (Å²) in [7, 11) is 0. The highest BCUT2D eigenvalue weighted by atomic mass is 35.5. The molecule has 0 aromatic heterocycles.